The van der Waals surface area contributed by atoms with Crippen LogP contribution in [-0.2, 0) is 4.74 Å². The van der Waals surface area contributed by atoms with Gasteiger partial charge in [-0.3, -0.25) is 0 Å². The molecule has 0 bridgehead atoms. The quantitative estimate of drug-likeness (QED) is 0.840. The second kappa shape index (κ2) is 4.37. The lowest BCUT2D eigenvalue weighted by Crippen LogP contribution is -2.19. The van der Waals surface area contributed by atoms with Crippen LogP contribution in [0.4, 0.5) is 5.82 Å². The van der Waals surface area contributed by atoms with Crippen LogP contribution in [0.25, 0.3) is 0 Å². The van der Waals surface area contributed by atoms with Gasteiger partial charge < -0.3 is 10.1 Å². The Morgan fingerprint density at radius 1 is 1.31 bits per heavy atom. The summed E-state index contributed by atoms with van der Waals surface area (Å²) >= 11 is 0. The average molecular weight is 219 g/mol. The fraction of sp³-hybridized carbons (Fsp3) is 0.667. The molecule has 1 aliphatic carbocycles. The smallest absolute Gasteiger partial charge is 0.129 e. The van der Waals surface area contributed by atoms with Gasteiger partial charge in [0.25, 0.3) is 0 Å². The molecule has 3 rings (SSSR count). The molecule has 1 aromatic rings. The van der Waals surface area contributed by atoms with Gasteiger partial charge in [-0.2, -0.15) is 0 Å². The van der Waals surface area contributed by atoms with E-state index < -0.39 is 0 Å². The molecule has 1 aliphatic heterocycles. The molecular weight excluding hydrogens is 202 g/mol. The zero-order valence-electron chi connectivity index (χ0n) is 9.35. The van der Waals surface area contributed by atoms with Crippen molar-refractivity contribution >= 4 is 5.82 Å². The molecule has 1 saturated carbocycles. The van der Waals surface area contributed by atoms with Crippen molar-refractivity contribution in [3.63, 3.8) is 0 Å². The van der Waals surface area contributed by atoms with E-state index in [0.717, 1.165) is 25.4 Å². The summed E-state index contributed by atoms with van der Waals surface area (Å²) in [5.74, 6) is 1.62. The minimum absolute atomic E-state index is 0.361. The SMILES string of the molecule is c1nc(NCC2CCCO2)cc(C2CC2)n1. The fourth-order valence-corrected chi connectivity index (χ4v) is 2.10. The lowest BCUT2D eigenvalue weighted by Gasteiger charge is -2.11. The number of rotatable bonds is 4. The van der Waals surface area contributed by atoms with Crippen LogP contribution in [0, 0.1) is 0 Å². The van der Waals surface area contributed by atoms with E-state index in [2.05, 4.69) is 21.4 Å². The van der Waals surface area contributed by atoms with Crippen molar-refractivity contribution < 1.29 is 4.74 Å². The Morgan fingerprint density at radius 2 is 2.25 bits per heavy atom. The van der Waals surface area contributed by atoms with Crippen molar-refractivity contribution in [2.45, 2.75) is 37.7 Å². The number of anilines is 1. The molecule has 0 spiro atoms. The van der Waals surface area contributed by atoms with Gasteiger partial charge in [0.15, 0.2) is 0 Å². The first kappa shape index (κ1) is 10.0. The van der Waals surface area contributed by atoms with Crippen LogP contribution in [0.5, 0.6) is 0 Å². The molecule has 86 valence electrons. The highest BCUT2D eigenvalue weighted by molar-refractivity contribution is 5.36. The first-order valence-electron chi connectivity index (χ1n) is 6.09. The van der Waals surface area contributed by atoms with Crippen LogP contribution < -0.4 is 5.32 Å². The molecule has 1 N–H and O–H groups in total. The lowest BCUT2D eigenvalue weighted by atomic mass is 10.2. The standard InChI is InChI=1S/C12H17N3O/c1-2-10(16-5-1)7-13-12-6-11(9-3-4-9)14-8-15-12/h6,8-10H,1-5,7H2,(H,13,14,15). The van der Waals surface area contributed by atoms with E-state index in [1.807, 2.05) is 0 Å². The summed E-state index contributed by atoms with van der Waals surface area (Å²) in [5.41, 5.74) is 1.19. The predicted octanol–water partition coefficient (Wildman–Crippen LogP) is 1.94. The Bertz CT molecular complexity index is 359. The Hall–Kier alpha value is -1.16. The van der Waals surface area contributed by atoms with E-state index in [-0.39, 0.29) is 0 Å². The minimum Gasteiger partial charge on any atom is -0.376 e. The molecule has 1 atom stereocenters. The third-order valence-corrected chi connectivity index (χ3v) is 3.22. The number of ether oxygens (including phenoxy) is 1. The molecule has 0 aromatic carbocycles. The summed E-state index contributed by atoms with van der Waals surface area (Å²) in [5, 5.41) is 3.33. The maximum atomic E-state index is 5.56. The van der Waals surface area contributed by atoms with Crippen molar-refractivity contribution in [2.75, 3.05) is 18.5 Å². The Labute approximate surface area is 95.4 Å². The second-order valence-electron chi connectivity index (χ2n) is 4.62. The van der Waals surface area contributed by atoms with Crippen LogP contribution in [0.3, 0.4) is 0 Å². The van der Waals surface area contributed by atoms with Gasteiger partial charge in [-0.25, -0.2) is 9.97 Å². The summed E-state index contributed by atoms with van der Waals surface area (Å²) in [6.45, 7) is 1.77. The van der Waals surface area contributed by atoms with E-state index >= 15 is 0 Å². The highest BCUT2D eigenvalue weighted by Crippen LogP contribution is 2.39. The number of aromatic nitrogens is 2. The normalized spacial score (nSPS) is 24.6. The van der Waals surface area contributed by atoms with Crippen molar-refractivity contribution in [1.82, 2.24) is 9.97 Å². The first-order chi connectivity index (χ1) is 7.92. The molecule has 2 fully saturated rings. The summed E-state index contributed by atoms with van der Waals surface area (Å²) in [4.78, 5) is 8.53. The third kappa shape index (κ3) is 2.32. The third-order valence-electron chi connectivity index (χ3n) is 3.22. The maximum absolute atomic E-state index is 5.56. The van der Waals surface area contributed by atoms with E-state index in [1.54, 1.807) is 6.33 Å². The molecule has 2 heterocycles. The van der Waals surface area contributed by atoms with Crippen LogP contribution in [0.15, 0.2) is 12.4 Å². The summed E-state index contributed by atoms with van der Waals surface area (Å²) < 4.78 is 5.56. The van der Waals surface area contributed by atoms with E-state index in [9.17, 15) is 0 Å². The fourth-order valence-electron chi connectivity index (χ4n) is 2.10. The summed E-state index contributed by atoms with van der Waals surface area (Å²) in [6.07, 6.45) is 6.92. The van der Waals surface area contributed by atoms with Gasteiger partial charge in [0.05, 0.1) is 6.10 Å². The molecular formula is C12H17N3O. The number of nitrogens with one attached hydrogen (secondary N) is 1. The zero-order chi connectivity index (χ0) is 10.8. The highest BCUT2D eigenvalue weighted by Gasteiger charge is 2.25. The molecule has 1 saturated heterocycles. The minimum atomic E-state index is 0.361. The summed E-state index contributed by atoms with van der Waals surface area (Å²) in [7, 11) is 0. The number of nitrogens with zero attached hydrogens (tertiary/aromatic N) is 2. The van der Waals surface area contributed by atoms with Gasteiger partial charge in [-0.15, -0.1) is 0 Å². The average Bonchev–Trinajstić information content (AvgIpc) is 3.05. The molecule has 0 amide bonds. The topological polar surface area (TPSA) is 47.0 Å². The van der Waals surface area contributed by atoms with Gasteiger partial charge >= 0.3 is 0 Å². The summed E-state index contributed by atoms with van der Waals surface area (Å²) in [6, 6.07) is 2.08. The van der Waals surface area contributed by atoms with Gasteiger partial charge in [0.2, 0.25) is 0 Å². The number of hydrogen-bond donors (Lipinski definition) is 1. The highest BCUT2D eigenvalue weighted by atomic mass is 16.5. The number of hydrogen-bond acceptors (Lipinski definition) is 4. The lowest BCUT2D eigenvalue weighted by molar-refractivity contribution is 0.120. The Kier molecular flexibility index (Phi) is 2.74. The second-order valence-corrected chi connectivity index (χ2v) is 4.62. The monoisotopic (exact) mass is 219 g/mol. The zero-order valence-corrected chi connectivity index (χ0v) is 9.35. The molecule has 4 nitrogen and oxygen atoms in total. The Balaban J connectivity index is 1.58. The maximum Gasteiger partial charge on any atom is 0.129 e. The van der Waals surface area contributed by atoms with Crippen LogP contribution >= 0.6 is 0 Å². The van der Waals surface area contributed by atoms with Crippen LogP contribution in [0.1, 0.15) is 37.3 Å². The van der Waals surface area contributed by atoms with Crippen molar-refractivity contribution in [3.8, 4) is 0 Å². The van der Waals surface area contributed by atoms with E-state index in [1.165, 1.54) is 25.0 Å². The van der Waals surface area contributed by atoms with Crippen molar-refractivity contribution in [2.24, 2.45) is 0 Å². The first-order valence-corrected chi connectivity index (χ1v) is 6.09. The van der Waals surface area contributed by atoms with Crippen LogP contribution in [-0.4, -0.2) is 29.2 Å². The van der Waals surface area contributed by atoms with Gasteiger partial charge in [0, 0.05) is 30.8 Å². The molecule has 1 unspecified atom stereocenters. The molecule has 2 aliphatic rings. The van der Waals surface area contributed by atoms with Crippen molar-refractivity contribution in [1.29, 1.82) is 0 Å². The largest absolute Gasteiger partial charge is 0.376 e. The van der Waals surface area contributed by atoms with Crippen LogP contribution in [0.2, 0.25) is 0 Å². The van der Waals surface area contributed by atoms with Gasteiger partial charge in [-0.1, -0.05) is 0 Å². The van der Waals surface area contributed by atoms with E-state index in [0.29, 0.717) is 12.0 Å². The predicted molar refractivity (Wildman–Crippen MR) is 61.5 cm³/mol. The molecule has 16 heavy (non-hydrogen) atoms. The molecule has 0 radical (unpaired) electrons. The molecule has 4 heteroatoms. The van der Waals surface area contributed by atoms with Gasteiger partial charge in [-0.05, 0) is 25.7 Å². The van der Waals surface area contributed by atoms with Gasteiger partial charge in [0.1, 0.15) is 12.1 Å². The van der Waals surface area contributed by atoms with Crippen molar-refractivity contribution in [3.05, 3.63) is 18.1 Å². The molecule has 1 aromatic heterocycles. The van der Waals surface area contributed by atoms with E-state index in [4.69, 9.17) is 4.74 Å². The Morgan fingerprint density at radius 3 is 3.00 bits per heavy atom.